The van der Waals surface area contributed by atoms with E-state index in [0.717, 1.165) is 33.6 Å². The van der Waals surface area contributed by atoms with Gasteiger partial charge >= 0.3 is 0 Å². The molecule has 2 aliphatic heterocycles. The minimum absolute atomic E-state index is 0.0112. The molecule has 1 amide bonds. The number of rotatable bonds is 3. The van der Waals surface area contributed by atoms with Gasteiger partial charge in [0, 0.05) is 24.4 Å². The lowest BCUT2D eigenvalue weighted by molar-refractivity contribution is -0.0969. The average Bonchev–Trinajstić information content (AvgIpc) is 3.35. The van der Waals surface area contributed by atoms with Crippen molar-refractivity contribution in [3.63, 3.8) is 0 Å². The van der Waals surface area contributed by atoms with E-state index in [9.17, 15) is 4.79 Å². The van der Waals surface area contributed by atoms with Crippen LogP contribution in [0.5, 0.6) is 0 Å². The number of amides is 1. The van der Waals surface area contributed by atoms with Crippen LogP contribution in [0.25, 0.3) is 9.88 Å². The van der Waals surface area contributed by atoms with Crippen molar-refractivity contribution in [2.24, 2.45) is 5.92 Å². The highest BCUT2D eigenvalue weighted by molar-refractivity contribution is 7.23. The van der Waals surface area contributed by atoms with Crippen LogP contribution in [-0.2, 0) is 9.47 Å². The Morgan fingerprint density at radius 1 is 1.33 bits per heavy atom. The monoisotopic (exact) mass is 384 g/mol. The highest BCUT2D eigenvalue weighted by Gasteiger charge is 2.33. The molecule has 0 N–H and O–H groups in total. The SMILES string of the molecule is O=C(c1csc(-c2ccc(Cl)s2)n1)N1CCCC(C2OCCO2)C1. The van der Waals surface area contributed by atoms with Gasteiger partial charge in [-0.3, -0.25) is 4.79 Å². The maximum absolute atomic E-state index is 12.8. The molecular formula is C16H17ClN2O3S2. The molecule has 0 radical (unpaired) electrons. The number of hydrogen-bond acceptors (Lipinski definition) is 6. The van der Waals surface area contributed by atoms with E-state index >= 15 is 0 Å². The minimum Gasteiger partial charge on any atom is -0.350 e. The molecule has 5 nitrogen and oxygen atoms in total. The third kappa shape index (κ3) is 3.36. The first kappa shape index (κ1) is 16.5. The van der Waals surface area contributed by atoms with Crippen molar-refractivity contribution in [3.8, 4) is 9.88 Å². The molecule has 8 heteroatoms. The average molecular weight is 385 g/mol. The lowest BCUT2D eigenvalue weighted by Crippen LogP contribution is -2.43. The smallest absolute Gasteiger partial charge is 0.273 e. The van der Waals surface area contributed by atoms with Crippen molar-refractivity contribution in [1.82, 2.24) is 9.88 Å². The van der Waals surface area contributed by atoms with Crippen LogP contribution in [0, 0.1) is 5.92 Å². The van der Waals surface area contributed by atoms with Crippen molar-refractivity contribution in [3.05, 3.63) is 27.5 Å². The molecule has 2 fully saturated rings. The number of aromatic nitrogens is 1. The quantitative estimate of drug-likeness (QED) is 0.808. The van der Waals surface area contributed by atoms with Gasteiger partial charge in [-0.25, -0.2) is 4.98 Å². The van der Waals surface area contributed by atoms with Crippen LogP contribution < -0.4 is 0 Å². The molecule has 2 aliphatic rings. The van der Waals surface area contributed by atoms with Crippen molar-refractivity contribution < 1.29 is 14.3 Å². The fraction of sp³-hybridized carbons (Fsp3) is 0.500. The van der Waals surface area contributed by atoms with E-state index in [2.05, 4.69) is 4.98 Å². The molecule has 0 aromatic carbocycles. The lowest BCUT2D eigenvalue weighted by Gasteiger charge is -2.34. The predicted molar refractivity (Wildman–Crippen MR) is 94.8 cm³/mol. The molecule has 0 saturated carbocycles. The van der Waals surface area contributed by atoms with Gasteiger partial charge in [-0.05, 0) is 25.0 Å². The van der Waals surface area contributed by atoms with E-state index in [1.54, 1.807) is 0 Å². The standard InChI is InChI=1S/C16H17ClN2O3S2/c17-13-4-3-12(24-13)14-18-11(9-23-14)15(20)19-5-1-2-10(8-19)16-21-6-7-22-16/h3-4,9-10,16H,1-2,5-8H2. The molecule has 2 aromatic rings. The summed E-state index contributed by atoms with van der Waals surface area (Å²) in [6, 6.07) is 3.78. The van der Waals surface area contributed by atoms with E-state index in [-0.39, 0.29) is 18.1 Å². The normalized spacial score (nSPS) is 22.2. The molecule has 0 bridgehead atoms. The number of halogens is 1. The molecule has 24 heavy (non-hydrogen) atoms. The maximum atomic E-state index is 12.8. The van der Waals surface area contributed by atoms with Gasteiger partial charge in [0.2, 0.25) is 0 Å². The van der Waals surface area contributed by atoms with Gasteiger partial charge in [-0.15, -0.1) is 22.7 Å². The summed E-state index contributed by atoms with van der Waals surface area (Å²) in [4.78, 5) is 20.2. The summed E-state index contributed by atoms with van der Waals surface area (Å²) in [5.74, 6) is 0.238. The topological polar surface area (TPSA) is 51.7 Å². The zero-order chi connectivity index (χ0) is 16.5. The zero-order valence-corrected chi connectivity index (χ0v) is 15.3. The van der Waals surface area contributed by atoms with Crippen molar-refractivity contribution >= 4 is 40.2 Å². The minimum atomic E-state index is -0.167. The van der Waals surface area contributed by atoms with Crippen molar-refractivity contribution in [2.75, 3.05) is 26.3 Å². The molecule has 0 aliphatic carbocycles. The first-order valence-electron chi connectivity index (χ1n) is 7.94. The fourth-order valence-corrected chi connectivity index (χ4v) is 5.05. The van der Waals surface area contributed by atoms with Crippen LogP contribution in [0.3, 0.4) is 0 Å². The zero-order valence-electron chi connectivity index (χ0n) is 12.9. The second-order valence-electron chi connectivity index (χ2n) is 5.91. The summed E-state index contributed by atoms with van der Waals surface area (Å²) in [6.07, 6.45) is 1.83. The number of carbonyl (C=O) groups excluding carboxylic acids is 1. The van der Waals surface area contributed by atoms with Gasteiger partial charge in [0.25, 0.3) is 5.91 Å². The molecule has 1 atom stereocenters. The van der Waals surface area contributed by atoms with Crippen LogP contribution >= 0.6 is 34.3 Å². The Hall–Kier alpha value is -0.990. The second-order valence-corrected chi connectivity index (χ2v) is 8.48. The maximum Gasteiger partial charge on any atom is 0.273 e. The Bertz CT molecular complexity index is 726. The van der Waals surface area contributed by atoms with E-state index in [1.165, 1.54) is 22.7 Å². The Morgan fingerprint density at radius 2 is 2.17 bits per heavy atom. The fourth-order valence-electron chi connectivity index (χ4n) is 3.14. The van der Waals surface area contributed by atoms with Crippen LogP contribution in [0.2, 0.25) is 4.34 Å². The number of hydrogen-bond donors (Lipinski definition) is 0. The summed E-state index contributed by atoms with van der Waals surface area (Å²) in [5, 5.41) is 2.67. The molecule has 1 unspecified atom stereocenters. The highest BCUT2D eigenvalue weighted by Crippen LogP contribution is 2.33. The Labute approximate surface area is 153 Å². The summed E-state index contributed by atoms with van der Waals surface area (Å²) in [7, 11) is 0. The molecule has 2 aromatic heterocycles. The molecule has 4 rings (SSSR count). The van der Waals surface area contributed by atoms with Crippen LogP contribution in [0.4, 0.5) is 0 Å². The number of likely N-dealkylation sites (tertiary alicyclic amines) is 1. The molecule has 2 saturated heterocycles. The second kappa shape index (κ2) is 7.09. The van der Waals surface area contributed by atoms with Gasteiger partial charge in [-0.1, -0.05) is 11.6 Å². The van der Waals surface area contributed by atoms with Crippen molar-refractivity contribution in [1.29, 1.82) is 0 Å². The van der Waals surface area contributed by atoms with E-state index in [1.807, 2.05) is 22.4 Å². The van der Waals surface area contributed by atoms with E-state index < -0.39 is 0 Å². The Morgan fingerprint density at radius 3 is 2.92 bits per heavy atom. The lowest BCUT2D eigenvalue weighted by atomic mass is 9.97. The number of thiophene rings is 1. The predicted octanol–water partition coefficient (Wildman–Crippen LogP) is 3.75. The van der Waals surface area contributed by atoms with Gasteiger partial charge < -0.3 is 14.4 Å². The van der Waals surface area contributed by atoms with Gasteiger partial charge in [-0.2, -0.15) is 0 Å². The van der Waals surface area contributed by atoms with Crippen molar-refractivity contribution in [2.45, 2.75) is 19.1 Å². The first-order valence-corrected chi connectivity index (χ1v) is 10.0. The van der Waals surface area contributed by atoms with Gasteiger partial charge in [0.05, 0.1) is 22.4 Å². The van der Waals surface area contributed by atoms with Crippen LogP contribution in [0.15, 0.2) is 17.5 Å². The largest absolute Gasteiger partial charge is 0.350 e. The summed E-state index contributed by atoms with van der Waals surface area (Å²) < 4.78 is 11.9. The molecule has 0 spiro atoms. The molecule has 4 heterocycles. The number of nitrogens with zero attached hydrogens (tertiary/aromatic N) is 2. The third-order valence-corrected chi connectivity index (χ3v) is 6.53. The number of ether oxygens (including phenoxy) is 2. The third-order valence-electron chi connectivity index (χ3n) is 4.28. The Balaban J connectivity index is 1.46. The number of carbonyl (C=O) groups is 1. The number of thiazole rings is 1. The van der Waals surface area contributed by atoms with Gasteiger partial charge in [0.15, 0.2) is 6.29 Å². The number of piperidine rings is 1. The van der Waals surface area contributed by atoms with E-state index in [4.69, 9.17) is 21.1 Å². The molecule has 128 valence electrons. The van der Waals surface area contributed by atoms with Crippen LogP contribution in [-0.4, -0.2) is 48.4 Å². The van der Waals surface area contributed by atoms with Gasteiger partial charge in [0.1, 0.15) is 10.7 Å². The Kier molecular flexibility index (Phi) is 4.87. The van der Waals surface area contributed by atoms with E-state index in [0.29, 0.717) is 25.5 Å². The summed E-state index contributed by atoms with van der Waals surface area (Å²) in [6.45, 7) is 2.72. The first-order chi connectivity index (χ1) is 11.7. The highest BCUT2D eigenvalue weighted by atomic mass is 35.5. The summed E-state index contributed by atoms with van der Waals surface area (Å²) >= 11 is 8.93. The summed E-state index contributed by atoms with van der Waals surface area (Å²) in [5.41, 5.74) is 0.508. The van der Waals surface area contributed by atoms with Crippen LogP contribution in [0.1, 0.15) is 23.3 Å². The molecular weight excluding hydrogens is 368 g/mol.